The van der Waals surface area contributed by atoms with Gasteiger partial charge in [-0.3, -0.25) is 4.79 Å². The Morgan fingerprint density at radius 3 is 2.58 bits per heavy atom. The minimum atomic E-state index is -0.0631. The van der Waals surface area contributed by atoms with Crippen LogP contribution in [-0.2, 0) is 11.2 Å². The molecule has 4 heteroatoms. The molecule has 0 aliphatic heterocycles. The van der Waals surface area contributed by atoms with E-state index in [9.17, 15) is 4.79 Å². The quantitative estimate of drug-likeness (QED) is 0.871. The number of carbonyl (C=O) groups is 1. The second-order valence-electron chi connectivity index (χ2n) is 4.31. The molecule has 0 saturated heterocycles. The van der Waals surface area contributed by atoms with Crippen LogP contribution in [-0.4, -0.2) is 5.91 Å². The number of rotatable bonds is 3. The van der Waals surface area contributed by atoms with E-state index < -0.39 is 0 Å². The normalized spacial score (nSPS) is 10.3. The lowest BCUT2D eigenvalue weighted by Gasteiger charge is -2.08. The van der Waals surface area contributed by atoms with E-state index in [2.05, 4.69) is 21.2 Å². The number of hydrogen-bond donors (Lipinski definition) is 1. The van der Waals surface area contributed by atoms with Gasteiger partial charge >= 0.3 is 0 Å². The fourth-order valence-electron chi connectivity index (χ4n) is 1.69. The van der Waals surface area contributed by atoms with E-state index in [-0.39, 0.29) is 5.91 Å². The third-order valence-corrected chi connectivity index (χ3v) is 4.11. The number of aryl methyl sites for hydroxylation is 1. The third-order valence-electron chi connectivity index (χ3n) is 2.71. The summed E-state index contributed by atoms with van der Waals surface area (Å²) in [6, 6.07) is 13.3. The first-order valence-electron chi connectivity index (χ1n) is 5.85. The Bertz CT molecular complexity index is 596. The number of halogens is 2. The van der Waals surface area contributed by atoms with Gasteiger partial charge in [0.05, 0.1) is 21.6 Å². The average molecular weight is 339 g/mol. The molecule has 98 valence electrons. The highest BCUT2D eigenvalue weighted by Gasteiger charge is 2.08. The topological polar surface area (TPSA) is 29.1 Å². The number of hydrogen-bond acceptors (Lipinski definition) is 1. The molecule has 0 atom stereocenters. The molecule has 0 saturated carbocycles. The maximum Gasteiger partial charge on any atom is 0.228 e. The van der Waals surface area contributed by atoms with Gasteiger partial charge in [0.25, 0.3) is 0 Å². The molecule has 0 heterocycles. The van der Waals surface area contributed by atoms with Gasteiger partial charge in [-0.25, -0.2) is 0 Å². The molecule has 0 fully saturated rings. The van der Waals surface area contributed by atoms with E-state index >= 15 is 0 Å². The molecular formula is C15H13BrClNO. The van der Waals surface area contributed by atoms with E-state index in [1.165, 1.54) is 5.56 Å². The lowest BCUT2D eigenvalue weighted by Crippen LogP contribution is -2.14. The standard InChI is InChI=1S/C15H13BrClNO/c1-10-5-7-11(8-6-10)9-14(19)18-13-4-2-3-12(17)15(13)16/h2-8H,9H2,1H3,(H,18,19). The Morgan fingerprint density at radius 1 is 1.21 bits per heavy atom. The van der Waals surface area contributed by atoms with Crippen molar-refractivity contribution in [1.29, 1.82) is 0 Å². The summed E-state index contributed by atoms with van der Waals surface area (Å²) in [5.74, 6) is -0.0631. The van der Waals surface area contributed by atoms with Crippen molar-refractivity contribution in [3.63, 3.8) is 0 Å². The zero-order chi connectivity index (χ0) is 13.8. The average Bonchev–Trinajstić information content (AvgIpc) is 2.38. The van der Waals surface area contributed by atoms with Crippen LogP contribution in [0, 0.1) is 6.92 Å². The van der Waals surface area contributed by atoms with Crippen LogP contribution in [0.4, 0.5) is 5.69 Å². The van der Waals surface area contributed by atoms with Gasteiger partial charge in [0.15, 0.2) is 0 Å². The molecule has 1 amide bonds. The number of benzene rings is 2. The van der Waals surface area contributed by atoms with Crippen LogP contribution in [0.1, 0.15) is 11.1 Å². The first-order chi connectivity index (χ1) is 9.06. The zero-order valence-electron chi connectivity index (χ0n) is 10.4. The summed E-state index contributed by atoms with van der Waals surface area (Å²) in [5.41, 5.74) is 2.85. The molecule has 0 aliphatic rings. The van der Waals surface area contributed by atoms with Crippen molar-refractivity contribution in [2.75, 3.05) is 5.32 Å². The predicted octanol–water partition coefficient (Wildman–Crippen LogP) is 4.59. The number of anilines is 1. The van der Waals surface area contributed by atoms with Gasteiger partial charge in [-0.15, -0.1) is 0 Å². The van der Waals surface area contributed by atoms with E-state index in [4.69, 9.17) is 11.6 Å². The zero-order valence-corrected chi connectivity index (χ0v) is 12.8. The van der Waals surface area contributed by atoms with Crippen LogP contribution >= 0.6 is 27.5 Å². The van der Waals surface area contributed by atoms with Crippen molar-refractivity contribution in [2.24, 2.45) is 0 Å². The maximum absolute atomic E-state index is 12.0. The highest BCUT2D eigenvalue weighted by atomic mass is 79.9. The van der Waals surface area contributed by atoms with Gasteiger partial charge in [0.2, 0.25) is 5.91 Å². The number of carbonyl (C=O) groups excluding carboxylic acids is 1. The second kappa shape index (κ2) is 6.22. The monoisotopic (exact) mass is 337 g/mol. The minimum absolute atomic E-state index is 0.0631. The molecule has 0 aromatic heterocycles. The molecule has 2 aromatic carbocycles. The van der Waals surface area contributed by atoms with Crippen molar-refractivity contribution >= 4 is 39.1 Å². The van der Waals surface area contributed by atoms with E-state index in [0.717, 1.165) is 5.56 Å². The molecule has 0 bridgehead atoms. The van der Waals surface area contributed by atoms with Gasteiger partial charge < -0.3 is 5.32 Å². The summed E-state index contributed by atoms with van der Waals surface area (Å²) in [7, 11) is 0. The van der Waals surface area contributed by atoms with Crippen molar-refractivity contribution in [3.05, 3.63) is 63.1 Å². The highest BCUT2D eigenvalue weighted by molar-refractivity contribution is 9.10. The molecule has 2 rings (SSSR count). The van der Waals surface area contributed by atoms with Crippen molar-refractivity contribution < 1.29 is 4.79 Å². The minimum Gasteiger partial charge on any atom is -0.325 e. The number of nitrogens with one attached hydrogen (secondary N) is 1. The summed E-state index contributed by atoms with van der Waals surface area (Å²) in [6.45, 7) is 2.02. The SMILES string of the molecule is Cc1ccc(CC(=O)Nc2cccc(Cl)c2Br)cc1. The highest BCUT2D eigenvalue weighted by Crippen LogP contribution is 2.30. The summed E-state index contributed by atoms with van der Waals surface area (Å²) in [4.78, 5) is 12.0. The Hall–Kier alpha value is -1.32. The Morgan fingerprint density at radius 2 is 1.89 bits per heavy atom. The largest absolute Gasteiger partial charge is 0.325 e. The number of amides is 1. The molecular weight excluding hydrogens is 326 g/mol. The Balaban J connectivity index is 2.05. The molecule has 19 heavy (non-hydrogen) atoms. The van der Waals surface area contributed by atoms with E-state index in [1.54, 1.807) is 12.1 Å². The summed E-state index contributed by atoms with van der Waals surface area (Å²) >= 11 is 9.33. The van der Waals surface area contributed by atoms with Gasteiger partial charge in [0.1, 0.15) is 0 Å². The van der Waals surface area contributed by atoms with Crippen molar-refractivity contribution in [3.8, 4) is 0 Å². The maximum atomic E-state index is 12.0. The molecule has 0 spiro atoms. The van der Waals surface area contributed by atoms with Crippen LogP contribution in [0.5, 0.6) is 0 Å². The van der Waals surface area contributed by atoms with Crippen molar-refractivity contribution in [1.82, 2.24) is 0 Å². The molecule has 0 aliphatic carbocycles. The van der Waals surface area contributed by atoms with Crippen LogP contribution in [0.3, 0.4) is 0 Å². The first kappa shape index (κ1) is 14.1. The van der Waals surface area contributed by atoms with Crippen LogP contribution < -0.4 is 5.32 Å². The summed E-state index contributed by atoms with van der Waals surface area (Å²) in [6.07, 6.45) is 0.346. The lowest BCUT2D eigenvalue weighted by molar-refractivity contribution is -0.115. The molecule has 2 aromatic rings. The van der Waals surface area contributed by atoms with Crippen molar-refractivity contribution in [2.45, 2.75) is 13.3 Å². The molecule has 0 unspecified atom stereocenters. The van der Waals surface area contributed by atoms with E-state index in [1.807, 2.05) is 37.3 Å². The van der Waals surface area contributed by atoms with Gasteiger partial charge in [-0.05, 0) is 40.5 Å². The molecule has 1 N–H and O–H groups in total. The molecule has 0 radical (unpaired) electrons. The second-order valence-corrected chi connectivity index (χ2v) is 5.51. The first-order valence-corrected chi connectivity index (χ1v) is 7.03. The molecule has 2 nitrogen and oxygen atoms in total. The fourth-order valence-corrected chi connectivity index (χ4v) is 2.22. The van der Waals surface area contributed by atoms with Gasteiger partial charge in [-0.2, -0.15) is 0 Å². The van der Waals surface area contributed by atoms with E-state index in [0.29, 0.717) is 21.6 Å². The van der Waals surface area contributed by atoms with Gasteiger partial charge in [0, 0.05) is 0 Å². The van der Waals surface area contributed by atoms with Crippen LogP contribution in [0.15, 0.2) is 46.9 Å². The predicted molar refractivity (Wildman–Crippen MR) is 82.7 cm³/mol. The van der Waals surface area contributed by atoms with Crippen LogP contribution in [0.2, 0.25) is 5.02 Å². The summed E-state index contributed by atoms with van der Waals surface area (Å²) in [5, 5.41) is 3.42. The smallest absolute Gasteiger partial charge is 0.228 e. The summed E-state index contributed by atoms with van der Waals surface area (Å²) < 4.78 is 0.703. The Kier molecular flexibility index (Phi) is 4.61. The van der Waals surface area contributed by atoms with Gasteiger partial charge in [-0.1, -0.05) is 47.5 Å². The lowest BCUT2D eigenvalue weighted by atomic mass is 10.1. The van der Waals surface area contributed by atoms with Crippen LogP contribution in [0.25, 0.3) is 0 Å². The Labute approximate surface area is 125 Å². The third kappa shape index (κ3) is 3.82. The fraction of sp³-hybridized carbons (Fsp3) is 0.133.